The van der Waals surface area contributed by atoms with Crippen molar-refractivity contribution in [2.45, 2.75) is 6.61 Å². The molecular formula is C13H10F3NO. The van der Waals surface area contributed by atoms with E-state index in [1.54, 1.807) is 0 Å². The maximum absolute atomic E-state index is 12.9. The molecule has 94 valence electrons. The fourth-order valence-corrected chi connectivity index (χ4v) is 1.44. The third kappa shape index (κ3) is 2.74. The summed E-state index contributed by atoms with van der Waals surface area (Å²) in [6, 6.07) is 7.16. The Bertz CT molecular complexity index is 572. The summed E-state index contributed by atoms with van der Waals surface area (Å²) in [5.74, 6) is -2.03. The minimum absolute atomic E-state index is 0.0209. The SMILES string of the molecule is Nc1cc(F)ccc1OCc1ccc(F)c(F)c1. The third-order valence-electron chi connectivity index (χ3n) is 2.35. The molecule has 2 aromatic carbocycles. The van der Waals surface area contributed by atoms with E-state index in [4.69, 9.17) is 10.5 Å². The Morgan fingerprint density at radius 2 is 1.72 bits per heavy atom. The van der Waals surface area contributed by atoms with Gasteiger partial charge < -0.3 is 10.5 Å². The van der Waals surface area contributed by atoms with Crippen LogP contribution >= 0.6 is 0 Å². The molecule has 0 saturated heterocycles. The second kappa shape index (κ2) is 5.00. The van der Waals surface area contributed by atoms with Gasteiger partial charge in [-0.1, -0.05) is 6.07 Å². The van der Waals surface area contributed by atoms with Crippen molar-refractivity contribution in [1.82, 2.24) is 0 Å². The molecule has 0 spiro atoms. The summed E-state index contributed by atoms with van der Waals surface area (Å²) < 4.78 is 43.7. The van der Waals surface area contributed by atoms with E-state index in [0.29, 0.717) is 11.3 Å². The van der Waals surface area contributed by atoms with Gasteiger partial charge in [0.25, 0.3) is 0 Å². The van der Waals surface area contributed by atoms with Crippen LogP contribution in [0.25, 0.3) is 0 Å². The van der Waals surface area contributed by atoms with Crippen LogP contribution in [0.1, 0.15) is 5.56 Å². The van der Waals surface area contributed by atoms with Gasteiger partial charge in [0.15, 0.2) is 11.6 Å². The molecule has 2 N–H and O–H groups in total. The topological polar surface area (TPSA) is 35.2 Å². The van der Waals surface area contributed by atoms with E-state index in [-0.39, 0.29) is 12.3 Å². The lowest BCUT2D eigenvalue weighted by Crippen LogP contribution is -2.00. The van der Waals surface area contributed by atoms with Crippen molar-refractivity contribution in [3.63, 3.8) is 0 Å². The molecule has 2 nitrogen and oxygen atoms in total. The van der Waals surface area contributed by atoms with E-state index in [9.17, 15) is 13.2 Å². The first-order valence-electron chi connectivity index (χ1n) is 5.18. The van der Waals surface area contributed by atoms with Crippen LogP contribution in [0.5, 0.6) is 5.75 Å². The smallest absolute Gasteiger partial charge is 0.159 e. The molecule has 0 aliphatic heterocycles. The molecule has 0 amide bonds. The highest BCUT2D eigenvalue weighted by atomic mass is 19.2. The molecular weight excluding hydrogens is 243 g/mol. The summed E-state index contributed by atoms with van der Waals surface area (Å²) in [5.41, 5.74) is 6.15. The molecule has 5 heteroatoms. The van der Waals surface area contributed by atoms with Gasteiger partial charge in [0.2, 0.25) is 0 Å². The maximum atomic E-state index is 12.9. The van der Waals surface area contributed by atoms with Gasteiger partial charge in [0, 0.05) is 6.07 Å². The normalized spacial score (nSPS) is 10.4. The van der Waals surface area contributed by atoms with Gasteiger partial charge in [-0.25, -0.2) is 13.2 Å². The average molecular weight is 253 g/mol. The fourth-order valence-electron chi connectivity index (χ4n) is 1.44. The first-order valence-corrected chi connectivity index (χ1v) is 5.18. The third-order valence-corrected chi connectivity index (χ3v) is 2.35. The van der Waals surface area contributed by atoms with E-state index < -0.39 is 17.5 Å². The van der Waals surface area contributed by atoms with Crippen molar-refractivity contribution in [1.29, 1.82) is 0 Å². The number of anilines is 1. The van der Waals surface area contributed by atoms with E-state index in [0.717, 1.165) is 18.2 Å². The van der Waals surface area contributed by atoms with Gasteiger partial charge in [-0.3, -0.25) is 0 Å². The summed E-state index contributed by atoms with van der Waals surface area (Å²) in [7, 11) is 0. The van der Waals surface area contributed by atoms with Crippen LogP contribution in [-0.4, -0.2) is 0 Å². The van der Waals surface area contributed by atoms with Crippen molar-refractivity contribution in [3.05, 3.63) is 59.4 Å². The van der Waals surface area contributed by atoms with Crippen LogP contribution in [0.2, 0.25) is 0 Å². The molecule has 2 rings (SSSR count). The zero-order valence-corrected chi connectivity index (χ0v) is 9.29. The Kier molecular flexibility index (Phi) is 3.41. The number of ether oxygens (including phenoxy) is 1. The highest BCUT2D eigenvalue weighted by Crippen LogP contribution is 2.23. The predicted molar refractivity (Wildman–Crippen MR) is 61.5 cm³/mol. The van der Waals surface area contributed by atoms with Crippen LogP contribution in [0.3, 0.4) is 0 Å². The lowest BCUT2D eigenvalue weighted by atomic mass is 10.2. The maximum Gasteiger partial charge on any atom is 0.159 e. The van der Waals surface area contributed by atoms with Gasteiger partial charge in [0.05, 0.1) is 5.69 Å². The Labute approximate surface area is 102 Å². The molecule has 0 heterocycles. The molecule has 0 aliphatic rings. The van der Waals surface area contributed by atoms with Crippen LogP contribution in [0.4, 0.5) is 18.9 Å². The predicted octanol–water partition coefficient (Wildman–Crippen LogP) is 3.27. The van der Waals surface area contributed by atoms with Gasteiger partial charge in [0.1, 0.15) is 18.2 Å². The van der Waals surface area contributed by atoms with Gasteiger partial charge in [-0.05, 0) is 29.8 Å². The average Bonchev–Trinajstić information content (AvgIpc) is 2.32. The molecule has 0 aliphatic carbocycles. The second-order valence-corrected chi connectivity index (χ2v) is 3.72. The first kappa shape index (κ1) is 12.3. The number of halogens is 3. The summed E-state index contributed by atoms with van der Waals surface area (Å²) in [5, 5.41) is 0. The summed E-state index contributed by atoms with van der Waals surface area (Å²) in [6.45, 7) is 0.0209. The van der Waals surface area contributed by atoms with E-state index in [1.807, 2.05) is 0 Å². The lowest BCUT2D eigenvalue weighted by molar-refractivity contribution is 0.306. The number of hydrogen-bond acceptors (Lipinski definition) is 2. The minimum Gasteiger partial charge on any atom is -0.487 e. The Morgan fingerprint density at radius 3 is 2.39 bits per heavy atom. The lowest BCUT2D eigenvalue weighted by Gasteiger charge is -2.09. The summed E-state index contributed by atoms with van der Waals surface area (Å²) in [4.78, 5) is 0. The Balaban J connectivity index is 2.09. The van der Waals surface area contributed by atoms with Crippen molar-refractivity contribution in [2.75, 3.05) is 5.73 Å². The van der Waals surface area contributed by atoms with Gasteiger partial charge >= 0.3 is 0 Å². The monoisotopic (exact) mass is 253 g/mol. The minimum atomic E-state index is -0.942. The molecule has 0 unspecified atom stereocenters. The van der Waals surface area contributed by atoms with Crippen molar-refractivity contribution >= 4 is 5.69 Å². The number of benzene rings is 2. The zero-order valence-electron chi connectivity index (χ0n) is 9.29. The molecule has 0 atom stereocenters. The van der Waals surface area contributed by atoms with Crippen molar-refractivity contribution in [3.8, 4) is 5.75 Å². The highest BCUT2D eigenvalue weighted by Gasteiger charge is 2.05. The number of nitrogen functional groups attached to an aromatic ring is 1. The molecule has 18 heavy (non-hydrogen) atoms. The summed E-state index contributed by atoms with van der Waals surface area (Å²) in [6.07, 6.45) is 0. The first-order chi connectivity index (χ1) is 8.56. The summed E-state index contributed by atoms with van der Waals surface area (Å²) >= 11 is 0. The zero-order chi connectivity index (χ0) is 13.1. The van der Waals surface area contributed by atoms with Crippen LogP contribution in [-0.2, 0) is 6.61 Å². The van der Waals surface area contributed by atoms with Crippen molar-refractivity contribution in [2.24, 2.45) is 0 Å². The van der Waals surface area contributed by atoms with Gasteiger partial charge in [-0.2, -0.15) is 0 Å². The fraction of sp³-hybridized carbons (Fsp3) is 0.0769. The standard InChI is InChI=1S/C13H10F3NO/c14-9-2-4-13(12(17)6-9)18-7-8-1-3-10(15)11(16)5-8/h1-6H,7,17H2. The Morgan fingerprint density at radius 1 is 0.944 bits per heavy atom. The number of hydrogen-bond donors (Lipinski definition) is 1. The molecule has 0 bridgehead atoms. The van der Waals surface area contributed by atoms with Crippen LogP contribution in [0, 0.1) is 17.5 Å². The molecule has 0 aromatic heterocycles. The second-order valence-electron chi connectivity index (χ2n) is 3.72. The van der Waals surface area contributed by atoms with Crippen molar-refractivity contribution < 1.29 is 17.9 Å². The highest BCUT2D eigenvalue weighted by molar-refractivity contribution is 5.52. The molecule has 0 radical (unpaired) electrons. The molecule has 2 aromatic rings. The van der Waals surface area contributed by atoms with Crippen LogP contribution in [0.15, 0.2) is 36.4 Å². The van der Waals surface area contributed by atoms with Gasteiger partial charge in [-0.15, -0.1) is 0 Å². The quantitative estimate of drug-likeness (QED) is 0.852. The van der Waals surface area contributed by atoms with E-state index >= 15 is 0 Å². The van der Waals surface area contributed by atoms with E-state index in [2.05, 4.69) is 0 Å². The number of nitrogens with two attached hydrogens (primary N) is 1. The Hall–Kier alpha value is -2.17. The molecule has 0 fully saturated rings. The molecule has 0 saturated carbocycles. The van der Waals surface area contributed by atoms with E-state index in [1.165, 1.54) is 18.2 Å². The van der Waals surface area contributed by atoms with Crippen LogP contribution < -0.4 is 10.5 Å². The largest absolute Gasteiger partial charge is 0.487 e. The number of rotatable bonds is 3.